The van der Waals surface area contributed by atoms with E-state index in [4.69, 9.17) is 0 Å². The number of hydrogen-bond acceptors (Lipinski definition) is 4. The molecule has 6 heteroatoms. The van der Waals surface area contributed by atoms with Gasteiger partial charge in [-0.25, -0.2) is 0 Å². The minimum absolute atomic E-state index is 0.0130. The zero-order chi connectivity index (χ0) is 11.5. The first-order valence-electron chi connectivity index (χ1n) is 5.44. The molecule has 0 aliphatic carbocycles. The molecular weight excluding hydrogens is 224 g/mol. The lowest BCUT2D eigenvalue weighted by atomic mass is 10.4. The zero-order valence-electron chi connectivity index (χ0n) is 9.56. The van der Waals surface area contributed by atoms with Crippen LogP contribution in [0.5, 0.6) is 0 Å². The first kappa shape index (κ1) is 11.4. The second-order valence-corrected chi connectivity index (χ2v) is 5.06. The van der Waals surface area contributed by atoms with Gasteiger partial charge in [0.15, 0.2) is 5.82 Å². The summed E-state index contributed by atoms with van der Waals surface area (Å²) in [7, 11) is 0. The van der Waals surface area contributed by atoms with Gasteiger partial charge in [0, 0.05) is 13.0 Å². The van der Waals surface area contributed by atoms with Gasteiger partial charge in [0.05, 0.1) is 11.8 Å². The molecule has 0 saturated heterocycles. The standard InChI is InChI=1S/C10H16N4OS/c1-7(16-2)10(15)11-6-9-13-12-8-4-3-5-14(8)9/h7H,3-6H2,1-2H3,(H,11,15)/t7-/m0/s1. The third-order valence-corrected chi connectivity index (χ3v) is 3.75. The minimum atomic E-state index is -0.0130. The van der Waals surface area contributed by atoms with Crippen molar-refractivity contribution >= 4 is 17.7 Å². The predicted molar refractivity (Wildman–Crippen MR) is 63.2 cm³/mol. The van der Waals surface area contributed by atoms with Crippen LogP contribution in [0.1, 0.15) is 25.0 Å². The number of carbonyl (C=O) groups is 1. The first-order valence-corrected chi connectivity index (χ1v) is 6.72. The minimum Gasteiger partial charge on any atom is -0.348 e. The number of nitrogens with one attached hydrogen (secondary N) is 1. The molecule has 16 heavy (non-hydrogen) atoms. The normalized spacial score (nSPS) is 15.9. The molecule has 1 aromatic rings. The number of rotatable bonds is 4. The van der Waals surface area contributed by atoms with E-state index in [2.05, 4.69) is 20.1 Å². The Morgan fingerprint density at radius 1 is 1.62 bits per heavy atom. The topological polar surface area (TPSA) is 59.8 Å². The Balaban J connectivity index is 1.93. The summed E-state index contributed by atoms with van der Waals surface area (Å²) in [5.74, 6) is 1.97. The van der Waals surface area contributed by atoms with Crippen LogP contribution in [0, 0.1) is 0 Å². The predicted octanol–water partition coefficient (Wildman–Crippen LogP) is 0.592. The largest absolute Gasteiger partial charge is 0.348 e. The molecule has 0 fully saturated rings. The van der Waals surface area contributed by atoms with Crippen molar-refractivity contribution in [1.82, 2.24) is 20.1 Å². The highest BCUT2D eigenvalue weighted by molar-refractivity contribution is 7.99. The Kier molecular flexibility index (Phi) is 3.48. The van der Waals surface area contributed by atoms with Gasteiger partial charge in [-0.05, 0) is 19.6 Å². The SMILES string of the molecule is CS[C@@H](C)C(=O)NCc1nnc2n1CCC2. The smallest absolute Gasteiger partial charge is 0.233 e. The van der Waals surface area contributed by atoms with Crippen molar-refractivity contribution in [3.05, 3.63) is 11.6 Å². The highest BCUT2D eigenvalue weighted by Gasteiger charge is 2.18. The van der Waals surface area contributed by atoms with Crippen LogP contribution in [0.4, 0.5) is 0 Å². The molecule has 1 N–H and O–H groups in total. The highest BCUT2D eigenvalue weighted by atomic mass is 32.2. The van der Waals surface area contributed by atoms with Crippen LogP contribution in [0.3, 0.4) is 0 Å². The summed E-state index contributed by atoms with van der Waals surface area (Å²) >= 11 is 1.54. The maximum Gasteiger partial charge on any atom is 0.233 e. The molecule has 88 valence electrons. The Bertz CT molecular complexity index is 390. The summed E-state index contributed by atoms with van der Waals surface area (Å²) in [5, 5.41) is 11.1. The lowest BCUT2D eigenvalue weighted by Gasteiger charge is -2.09. The Labute approximate surface area is 99.0 Å². The fourth-order valence-electron chi connectivity index (χ4n) is 1.76. The van der Waals surface area contributed by atoms with E-state index < -0.39 is 0 Å². The maximum atomic E-state index is 11.6. The molecule has 1 amide bonds. The van der Waals surface area contributed by atoms with Crippen LogP contribution >= 0.6 is 11.8 Å². The third kappa shape index (κ3) is 2.21. The summed E-state index contributed by atoms with van der Waals surface area (Å²) in [6.45, 7) is 3.36. The molecule has 1 atom stereocenters. The van der Waals surface area contributed by atoms with Crippen molar-refractivity contribution in [3.63, 3.8) is 0 Å². The quantitative estimate of drug-likeness (QED) is 0.837. The van der Waals surface area contributed by atoms with E-state index in [1.807, 2.05) is 13.2 Å². The van der Waals surface area contributed by atoms with Gasteiger partial charge in [-0.15, -0.1) is 10.2 Å². The summed E-state index contributed by atoms with van der Waals surface area (Å²) < 4.78 is 2.10. The lowest BCUT2D eigenvalue weighted by molar-refractivity contribution is -0.120. The molecule has 0 spiro atoms. The first-order chi connectivity index (χ1) is 7.72. The molecule has 0 aromatic carbocycles. The lowest BCUT2D eigenvalue weighted by Crippen LogP contribution is -2.31. The van der Waals surface area contributed by atoms with Crippen molar-refractivity contribution in [1.29, 1.82) is 0 Å². The highest BCUT2D eigenvalue weighted by Crippen LogP contribution is 2.13. The van der Waals surface area contributed by atoms with E-state index >= 15 is 0 Å². The van der Waals surface area contributed by atoms with E-state index in [1.165, 1.54) is 0 Å². The summed E-state index contributed by atoms with van der Waals surface area (Å²) in [5.41, 5.74) is 0. The average Bonchev–Trinajstić information content (AvgIpc) is 2.87. The molecule has 0 unspecified atom stereocenters. The molecule has 0 bridgehead atoms. The van der Waals surface area contributed by atoms with Crippen LogP contribution in [0.25, 0.3) is 0 Å². The van der Waals surface area contributed by atoms with E-state index in [0.717, 1.165) is 31.0 Å². The molecule has 5 nitrogen and oxygen atoms in total. The van der Waals surface area contributed by atoms with Crippen LogP contribution in [-0.2, 0) is 24.3 Å². The summed E-state index contributed by atoms with van der Waals surface area (Å²) in [6, 6.07) is 0. The summed E-state index contributed by atoms with van der Waals surface area (Å²) in [6.07, 6.45) is 4.06. The van der Waals surface area contributed by atoms with Crippen molar-refractivity contribution in [2.75, 3.05) is 6.26 Å². The molecule has 0 radical (unpaired) electrons. The van der Waals surface area contributed by atoms with Gasteiger partial charge in [-0.3, -0.25) is 4.79 Å². The fourth-order valence-corrected chi connectivity index (χ4v) is 2.06. The van der Waals surface area contributed by atoms with Crippen LogP contribution in [0.15, 0.2) is 0 Å². The third-order valence-electron chi connectivity index (χ3n) is 2.83. The zero-order valence-corrected chi connectivity index (χ0v) is 10.4. The van der Waals surface area contributed by atoms with Gasteiger partial charge in [-0.1, -0.05) is 0 Å². The second-order valence-electron chi connectivity index (χ2n) is 3.88. The van der Waals surface area contributed by atoms with Crippen molar-refractivity contribution in [2.45, 2.75) is 38.1 Å². The van der Waals surface area contributed by atoms with Crippen molar-refractivity contribution in [2.24, 2.45) is 0 Å². The van der Waals surface area contributed by atoms with E-state index in [0.29, 0.717) is 6.54 Å². The molecule has 1 aliphatic heterocycles. The van der Waals surface area contributed by atoms with Crippen molar-refractivity contribution < 1.29 is 4.79 Å². The number of amides is 1. The van der Waals surface area contributed by atoms with Crippen LogP contribution in [-0.4, -0.2) is 32.2 Å². The van der Waals surface area contributed by atoms with Crippen molar-refractivity contribution in [3.8, 4) is 0 Å². The fraction of sp³-hybridized carbons (Fsp3) is 0.700. The molecule has 2 rings (SSSR count). The van der Waals surface area contributed by atoms with Gasteiger partial charge >= 0.3 is 0 Å². The maximum absolute atomic E-state index is 11.6. The number of thioether (sulfide) groups is 1. The molecule has 2 heterocycles. The van der Waals surface area contributed by atoms with E-state index in [-0.39, 0.29) is 11.2 Å². The molecular formula is C10H16N4OS. The molecule has 1 aromatic heterocycles. The van der Waals surface area contributed by atoms with E-state index in [1.54, 1.807) is 11.8 Å². The number of aryl methyl sites for hydroxylation is 1. The number of aromatic nitrogens is 3. The van der Waals surface area contributed by atoms with Gasteiger partial charge in [0.2, 0.25) is 5.91 Å². The Hall–Kier alpha value is -1.04. The Morgan fingerprint density at radius 3 is 3.19 bits per heavy atom. The average molecular weight is 240 g/mol. The van der Waals surface area contributed by atoms with Gasteiger partial charge in [0.25, 0.3) is 0 Å². The van der Waals surface area contributed by atoms with Crippen LogP contribution in [0.2, 0.25) is 0 Å². The number of nitrogens with zero attached hydrogens (tertiary/aromatic N) is 3. The van der Waals surface area contributed by atoms with Gasteiger partial charge < -0.3 is 9.88 Å². The van der Waals surface area contributed by atoms with Gasteiger partial charge in [0.1, 0.15) is 5.82 Å². The number of carbonyl (C=O) groups excluding carboxylic acids is 1. The van der Waals surface area contributed by atoms with Gasteiger partial charge in [-0.2, -0.15) is 11.8 Å². The van der Waals surface area contributed by atoms with Crippen LogP contribution < -0.4 is 5.32 Å². The van der Waals surface area contributed by atoms with E-state index in [9.17, 15) is 4.79 Å². The monoisotopic (exact) mass is 240 g/mol. The Morgan fingerprint density at radius 2 is 2.44 bits per heavy atom. The number of hydrogen-bond donors (Lipinski definition) is 1. The second kappa shape index (κ2) is 4.86. The number of fused-ring (bicyclic) bond motifs is 1. The summed E-state index contributed by atoms with van der Waals surface area (Å²) in [4.78, 5) is 11.6. The molecule has 1 aliphatic rings. The molecule has 0 saturated carbocycles.